The monoisotopic (exact) mass is 376 g/mol. The van der Waals surface area contributed by atoms with Gasteiger partial charge < -0.3 is 4.74 Å². The zero-order valence-corrected chi connectivity index (χ0v) is 13.2. The minimum absolute atomic E-state index is 0.107. The molecule has 2 unspecified atom stereocenters. The van der Waals surface area contributed by atoms with Crippen LogP contribution in [0.5, 0.6) is 0 Å². The van der Waals surface area contributed by atoms with E-state index in [9.17, 15) is 9.59 Å². The number of esters is 1. The highest BCUT2D eigenvalue weighted by molar-refractivity contribution is 9.10. The molecule has 0 aliphatic heterocycles. The highest BCUT2D eigenvalue weighted by atomic mass is 79.9. The number of allylic oxidation sites excluding steroid dienone is 4. The Morgan fingerprint density at radius 1 is 1.61 bits per heavy atom. The van der Waals surface area contributed by atoms with Crippen molar-refractivity contribution in [2.75, 3.05) is 6.61 Å². The lowest BCUT2D eigenvalue weighted by molar-refractivity contribution is -0.143. The quantitative estimate of drug-likeness (QED) is 0.560. The predicted octanol–water partition coefficient (Wildman–Crippen LogP) is 3.07. The van der Waals surface area contributed by atoms with Crippen molar-refractivity contribution < 1.29 is 14.3 Å². The van der Waals surface area contributed by atoms with E-state index in [4.69, 9.17) is 4.74 Å². The average molecular weight is 378 g/mol. The van der Waals surface area contributed by atoms with E-state index in [1.165, 1.54) is 0 Å². The van der Waals surface area contributed by atoms with Crippen LogP contribution in [-0.4, -0.2) is 27.5 Å². The molecule has 2 rings (SSSR count). The average Bonchev–Trinajstić information content (AvgIpc) is 2.53. The van der Waals surface area contributed by atoms with Gasteiger partial charge in [-0.25, -0.2) is 0 Å². The number of carbonyl (C=O) groups excluding carboxylic acids is 2. The Hall–Kier alpha value is -0.420. The molecule has 18 heavy (non-hydrogen) atoms. The molecule has 0 aromatic rings. The first-order valence-corrected chi connectivity index (χ1v) is 7.60. The summed E-state index contributed by atoms with van der Waals surface area (Å²) in [6.45, 7) is 2.18. The van der Waals surface area contributed by atoms with E-state index in [-0.39, 0.29) is 23.0 Å². The van der Waals surface area contributed by atoms with Crippen molar-refractivity contribution in [1.29, 1.82) is 0 Å². The summed E-state index contributed by atoms with van der Waals surface area (Å²) in [7, 11) is 0. The first-order chi connectivity index (χ1) is 8.45. The van der Waals surface area contributed by atoms with Crippen molar-refractivity contribution >= 4 is 43.6 Å². The molecule has 0 aromatic heterocycles. The summed E-state index contributed by atoms with van der Waals surface area (Å²) in [5.74, 6) is -0.0743. The molecule has 0 saturated heterocycles. The second kappa shape index (κ2) is 5.29. The van der Waals surface area contributed by atoms with Crippen molar-refractivity contribution in [3.63, 3.8) is 0 Å². The van der Waals surface area contributed by atoms with Crippen LogP contribution in [0.2, 0.25) is 0 Å². The molecular weight excluding hydrogens is 364 g/mol. The van der Waals surface area contributed by atoms with Crippen LogP contribution < -0.4 is 0 Å². The van der Waals surface area contributed by atoms with Crippen LogP contribution in [0.4, 0.5) is 0 Å². The fourth-order valence-corrected chi connectivity index (χ4v) is 3.69. The van der Waals surface area contributed by atoms with Gasteiger partial charge in [0.25, 0.3) is 0 Å². The lowest BCUT2D eigenvalue weighted by Crippen LogP contribution is -2.26. The maximum Gasteiger partial charge on any atom is 0.307 e. The number of alkyl halides is 2. The van der Waals surface area contributed by atoms with Crippen LogP contribution >= 0.6 is 31.9 Å². The number of Topliss-reactive ketones (excluding diaryl/α,β-unsaturated/α-hetero) is 1. The molecule has 5 heteroatoms. The molecule has 2 aliphatic carbocycles. The largest absolute Gasteiger partial charge is 0.466 e. The number of hydrogen-bond acceptors (Lipinski definition) is 3. The Morgan fingerprint density at radius 3 is 3.00 bits per heavy atom. The summed E-state index contributed by atoms with van der Waals surface area (Å²) in [4.78, 5) is 23.3. The van der Waals surface area contributed by atoms with Gasteiger partial charge in [0.15, 0.2) is 5.78 Å². The fourth-order valence-electron chi connectivity index (χ4n) is 2.35. The van der Waals surface area contributed by atoms with Crippen molar-refractivity contribution in [2.45, 2.75) is 35.3 Å². The summed E-state index contributed by atoms with van der Waals surface area (Å²) >= 11 is 6.97. The molecule has 0 amide bonds. The molecule has 0 aromatic carbocycles. The molecule has 0 bridgehead atoms. The molecule has 0 N–H and O–H groups in total. The lowest BCUT2D eigenvalue weighted by Gasteiger charge is -2.26. The zero-order chi connectivity index (χ0) is 13.3. The topological polar surface area (TPSA) is 43.4 Å². The molecule has 0 spiro atoms. The van der Waals surface area contributed by atoms with E-state index < -0.39 is 4.32 Å². The number of ether oxygens (including phenoxy) is 1. The van der Waals surface area contributed by atoms with Gasteiger partial charge in [0.05, 0.1) is 22.2 Å². The second-order valence-corrected chi connectivity index (χ2v) is 7.26. The van der Waals surface area contributed by atoms with Gasteiger partial charge in [-0.3, -0.25) is 9.59 Å². The van der Waals surface area contributed by atoms with Crippen molar-refractivity contribution in [1.82, 2.24) is 0 Å². The van der Waals surface area contributed by atoms with Gasteiger partial charge in [-0.15, -0.1) is 0 Å². The molecule has 0 heterocycles. The van der Waals surface area contributed by atoms with Gasteiger partial charge in [0.2, 0.25) is 0 Å². The van der Waals surface area contributed by atoms with Gasteiger partial charge in [0, 0.05) is 5.57 Å². The highest BCUT2D eigenvalue weighted by Gasteiger charge is 2.38. The standard InChI is InChI=1S/C13H14Br2O3/c1-2-18-11(16)7-13(15)4-3-9-8(6-13)5-10(14)12(9)17/h3-4,10H,2,5-7H2,1H3. The summed E-state index contributed by atoms with van der Waals surface area (Å²) in [5.41, 5.74) is 1.92. The maximum atomic E-state index is 11.8. The van der Waals surface area contributed by atoms with Crippen molar-refractivity contribution in [3.8, 4) is 0 Å². The van der Waals surface area contributed by atoms with Gasteiger partial charge in [-0.2, -0.15) is 0 Å². The van der Waals surface area contributed by atoms with Crippen LogP contribution in [-0.2, 0) is 14.3 Å². The second-order valence-electron chi connectivity index (χ2n) is 4.58. The molecule has 2 atom stereocenters. The maximum absolute atomic E-state index is 11.8. The summed E-state index contributed by atoms with van der Waals surface area (Å²) < 4.78 is 4.56. The van der Waals surface area contributed by atoms with E-state index in [1.807, 2.05) is 12.2 Å². The number of hydrogen-bond donors (Lipinski definition) is 0. The van der Waals surface area contributed by atoms with Gasteiger partial charge in [0.1, 0.15) is 0 Å². The fraction of sp³-hybridized carbons (Fsp3) is 0.538. The third-order valence-corrected chi connectivity index (χ3v) is 4.72. The minimum atomic E-state index is -0.407. The Kier molecular flexibility index (Phi) is 4.11. The first kappa shape index (κ1) is 14.0. The van der Waals surface area contributed by atoms with Crippen LogP contribution in [0, 0.1) is 0 Å². The Labute approximate surface area is 123 Å². The van der Waals surface area contributed by atoms with Crippen LogP contribution in [0.1, 0.15) is 26.2 Å². The number of ketones is 1. The van der Waals surface area contributed by atoms with Gasteiger partial charge in [-0.1, -0.05) is 49.6 Å². The van der Waals surface area contributed by atoms with Crippen molar-refractivity contribution in [2.24, 2.45) is 0 Å². The first-order valence-electron chi connectivity index (χ1n) is 5.89. The number of halogens is 2. The highest BCUT2D eigenvalue weighted by Crippen LogP contribution is 2.43. The van der Waals surface area contributed by atoms with E-state index in [0.29, 0.717) is 13.0 Å². The Morgan fingerprint density at radius 2 is 2.33 bits per heavy atom. The van der Waals surface area contributed by atoms with Crippen LogP contribution in [0.3, 0.4) is 0 Å². The SMILES string of the molecule is CCOC(=O)CC1(Br)C=CC2=C(CC(Br)C2=O)C1. The molecular formula is C13H14Br2O3. The zero-order valence-electron chi connectivity index (χ0n) is 10.0. The van der Waals surface area contributed by atoms with E-state index in [1.54, 1.807) is 6.92 Å². The van der Waals surface area contributed by atoms with Crippen LogP contribution in [0.15, 0.2) is 23.3 Å². The molecule has 0 saturated carbocycles. The number of carbonyl (C=O) groups is 2. The molecule has 2 aliphatic rings. The normalized spacial score (nSPS) is 30.6. The third-order valence-electron chi connectivity index (χ3n) is 3.16. The van der Waals surface area contributed by atoms with Gasteiger partial charge >= 0.3 is 5.97 Å². The smallest absolute Gasteiger partial charge is 0.307 e. The van der Waals surface area contributed by atoms with Gasteiger partial charge in [-0.05, 0) is 19.8 Å². The predicted molar refractivity (Wildman–Crippen MR) is 76.0 cm³/mol. The molecule has 0 fully saturated rings. The molecule has 3 nitrogen and oxygen atoms in total. The summed E-state index contributed by atoms with van der Waals surface area (Å²) in [5, 5.41) is 0. The lowest BCUT2D eigenvalue weighted by atomic mass is 9.88. The van der Waals surface area contributed by atoms with Crippen LogP contribution in [0.25, 0.3) is 0 Å². The number of rotatable bonds is 3. The summed E-state index contributed by atoms with van der Waals surface area (Å²) in [6, 6.07) is 0. The molecule has 0 radical (unpaired) electrons. The van der Waals surface area contributed by atoms with E-state index >= 15 is 0 Å². The van der Waals surface area contributed by atoms with Crippen molar-refractivity contribution in [3.05, 3.63) is 23.3 Å². The van der Waals surface area contributed by atoms with E-state index in [0.717, 1.165) is 17.6 Å². The Bertz CT molecular complexity index is 453. The third kappa shape index (κ3) is 2.77. The molecule has 98 valence electrons. The minimum Gasteiger partial charge on any atom is -0.466 e. The Balaban J connectivity index is 2.09. The summed E-state index contributed by atoms with van der Waals surface area (Å²) in [6.07, 6.45) is 5.43. The van der Waals surface area contributed by atoms with E-state index in [2.05, 4.69) is 31.9 Å².